The van der Waals surface area contributed by atoms with Gasteiger partial charge in [-0.05, 0) is 35.3 Å². The molecule has 1 aliphatic heterocycles. The van der Waals surface area contributed by atoms with Gasteiger partial charge in [-0.3, -0.25) is 0 Å². The Morgan fingerprint density at radius 1 is 1.16 bits per heavy atom. The fraction of sp³-hybridized carbons (Fsp3) is 0.571. The number of methoxy groups -OCH3 is 3. The van der Waals surface area contributed by atoms with E-state index in [0.717, 1.165) is 41.0 Å². The van der Waals surface area contributed by atoms with Crippen LogP contribution in [-0.2, 0) is 0 Å². The summed E-state index contributed by atoms with van der Waals surface area (Å²) in [5, 5.41) is 3.43. The molecule has 5 heteroatoms. The Balaban J connectivity index is 2.50. The Kier molecular flexibility index (Phi) is 4.93. The number of piperidine rings is 1. The van der Waals surface area contributed by atoms with E-state index >= 15 is 0 Å². The van der Waals surface area contributed by atoms with E-state index in [4.69, 9.17) is 14.2 Å². The molecular weight excluding hydrogens is 310 g/mol. The number of benzene rings is 1. The van der Waals surface area contributed by atoms with E-state index in [9.17, 15) is 0 Å². The summed E-state index contributed by atoms with van der Waals surface area (Å²) in [7, 11) is 4.97. The molecule has 1 saturated heterocycles. The van der Waals surface area contributed by atoms with Crippen molar-refractivity contribution in [2.75, 3.05) is 34.4 Å². The van der Waals surface area contributed by atoms with Crippen LogP contribution < -0.4 is 19.5 Å². The van der Waals surface area contributed by atoms with Gasteiger partial charge in [-0.1, -0.05) is 0 Å². The van der Waals surface area contributed by atoms with Gasteiger partial charge in [-0.25, -0.2) is 0 Å². The number of ether oxygens (including phenoxy) is 3. The molecule has 1 atom stereocenters. The molecule has 1 aromatic rings. The molecule has 0 saturated carbocycles. The molecule has 0 amide bonds. The lowest BCUT2D eigenvalue weighted by molar-refractivity contribution is 0.341. The van der Waals surface area contributed by atoms with Crippen molar-refractivity contribution in [3.05, 3.63) is 16.1 Å². The monoisotopic (exact) mass is 329 g/mol. The van der Waals surface area contributed by atoms with Gasteiger partial charge in [0.25, 0.3) is 0 Å². The lowest BCUT2D eigenvalue weighted by Gasteiger charge is -2.27. The smallest absolute Gasteiger partial charge is 0.175 e. The second-order valence-electron chi connectivity index (χ2n) is 4.59. The van der Waals surface area contributed by atoms with Crippen molar-refractivity contribution in [2.24, 2.45) is 0 Å². The molecule has 1 N–H and O–H groups in total. The maximum Gasteiger partial charge on any atom is 0.175 e. The van der Waals surface area contributed by atoms with Crippen LogP contribution in [0.2, 0.25) is 0 Å². The first-order valence-corrected chi connectivity index (χ1v) is 7.21. The Bertz CT molecular complexity index is 445. The van der Waals surface area contributed by atoms with Gasteiger partial charge in [0.2, 0.25) is 0 Å². The van der Waals surface area contributed by atoms with Gasteiger partial charge >= 0.3 is 0 Å². The number of nitrogens with one attached hydrogen (secondary N) is 1. The number of hydrogen-bond acceptors (Lipinski definition) is 4. The number of rotatable bonds is 4. The van der Waals surface area contributed by atoms with Crippen molar-refractivity contribution >= 4 is 15.9 Å². The summed E-state index contributed by atoms with van der Waals surface area (Å²) < 4.78 is 17.3. The summed E-state index contributed by atoms with van der Waals surface area (Å²) in [6.45, 7) is 2.05. The third-order valence-electron chi connectivity index (χ3n) is 3.54. The topological polar surface area (TPSA) is 39.7 Å². The van der Waals surface area contributed by atoms with Crippen molar-refractivity contribution < 1.29 is 14.2 Å². The first kappa shape index (κ1) is 14.5. The summed E-state index contributed by atoms with van der Waals surface area (Å²) in [4.78, 5) is 0. The van der Waals surface area contributed by atoms with Crippen LogP contribution in [0.5, 0.6) is 17.2 Å². The van der Waals surface area contributed by atoms with Crippen molar-refractivity contribution in [3.63, 3.8) is 0 Å². The third kappa shape index (κ3) is 2.82. The molecule has 1 aromatic carbocycles. The first-order valence-electron chi connectivity index (χ1n) is 6.42. The van der Waals surface area contributed by atoms with Gasteiger partial charge in [0.05, 0.1) is 25.8 Å². The Morgan fingerprint density at radius 3 is 2.42 bits per heavy atom. The fourth-order valence-electron chi connectivity index (χ4n) is 2.59. The van der Waals surface area contributed by atoms with Crippen molar-refractivity contribution in [1.82, 2.24) is 5.32 Å². The highest BCUT2D eigenvalue weighted by atomic mass is 79.9. The van der Waals surface area contributed by atoms with Crippen LogP contribution in [0, 0.1) is 0 Å². The minimum atomic E-state index is 0.429. The molecule has 1 heterocycles. The van der Waals surface area contributed by atoms with E-state index in [1.54, 1.807) is 21.3 Å². The second-order valence-corrected chi connectivity index (χ2v) is 5.38. The van der Waals surface area contributed by atoms with Crippen LogP contribution in [0.1, 0.15) is 24.3 Å². The predicted octanol–water partition coefficient (Wildman–Crippen LogP) is 2.94. The molecule has 0 spiro atoms. The normalized spacial score (nSPS) is 19.1. The Morgan fingerprint density at radius 2 is 1.89 bits per heavy atom. The van der Waals surface area contributed by atoms with Gasteiger partial charge in [0.15, 0.2) is 11.5 Å². The van der Waals surface area contributed by atoms with Crippen LogP contribution in [-0.4, -0.2) is 34.4 Å². The molecule has 1 fully saturated rings. The van der Waals surface area contributed by atoms with Gasteiger partial charge in [-0.2, -0.15) is 0 Å². The van der Waals surface area contributed by atoms with Crippen LogP contribution in [0.15, 0.2) is 10.5 Å². The van der Waals surface area contributed by atoms with Gasteiger partial charge in [-0.15, -0.1) is 0 Å². The molecule has 0 aliphatic carbocycles. The zero-order valence-electron chi connectivity index (χ0n) is 11.6. The standard InChI is InChI=1S/C14H20BrNO3/c1-17-10-7-11(18-2)14(19-3)13(15)12(10)9-5-4-6-16-8-9/h7,9,16H,4-6,8H2,1-3H3. The molecular formula is C14H20BrNO3. The van der Waals surface area contributed by atoms with E-state index in [0.29, 0.717) is 11.7 Å². The van der Waals surface area contributed by atoms with Crippen LogP contribution in [0.4, 0.5) is 0 Å². The summed E-state index contributed by atoms with van der Waals surface area (Å²) >= 11 is 3.65. The maximum absolute atomic E-state index is 5.53. The quantitative estimate of drug-likeness (QED) is 0.921. The molecule has 0 radical (unpaired) electrons. The highest BCUT2D eigenvalue weighted by molar-refractivity contribution is 9.10. The van der Waals surface area contributed by atoms with E-state index in [1.807, 2.05) is 6.07 Å². The van der Waals surface area contributed by atoms with Crippen LogP contribution >= 0.6 is 15.9 Å². The average Bonchev–Trinajstić information content (AvgIpc) is 2.46. The number of hydrogen-bond donors (Lipinski definition) is 1. The highest BCUT2D eigenvalue weighted by Gasteiger charge is 2.26. The zero-order chi connectivity index (χ0) is 13.8. The average molecular weight is 330 g/mol. The summed E-state index contributed by atoms with van der Waals surface area (Å²) in [6, 6.07) is 1.90. The van der Waals surface area contributed by atoms with Gasteiger partial charge in [0.1, 0.15) is 5.75 Å². The van der Waals surface area contributed by atoms with Gasteiger partial charge < -0.3 is 19.5 Å². The van der Waals surface area contributed by atoms with Crippen LogP contribution in [0.25, 0.3) is 0 Å². The Hall–Kier alpha value is -0.940. The predicted molar refractivity (Wildman–Crippen MR) is 78.6 cm³/mol. The lowest BCUT2D eigenvalue weighted by Crippen LogP contribution is -2.28. The van der Waals surface area contributed by atoms with E-state index < -0.39 is 0 Å². The zero-order valence-corrected chi connectivity index (χ0v) is 13.2. The van der Waals surface area contributed by atoms with Crippen molar-refractivity contribution in [3.8, 4) is 17.2 Å². The number of halogens is 1. The summed E-state index contributed by atoms with van der Waals surface area (Å²) in [5.74, 6) is 2.68. The SMILES string of the molecule is COc1cc(OC)c(C2CCCNC2)c(Br)c1OC. The second kappa shape index (κ2) is 6.48. The molecule has 0 aromatic heterocycles. The third-order valence-corrected chi connectivity index (χ3v) is 4.32. The van der Waals surface area contributed by atoms with E-state index in [1.165, 1.54) is 6.42 Å². The highest BCUT2D eigenvalue weighted by Crippen LogP contribution is 2.47. The molecule has 106 valence electrons. The molecule has 0 bridgehead atoms. The Labute approximate surface area is 122 Å². The molecule has 1 aliphatic rings. The molecule has 1 unspecified atom stereocenters. The molecule has 4 nitrogen and oxygen atoms in total. The van der Waals surface area contributed by atoms with Crippen molar-refractivity contribution in [1.29, 1.82) is 0 Å². The summed E-state index contributed by atoms with van der Waals surface area (Å²) in [6.07, 6.45) is 2.33. The van der Waals surface area contributed by atoms with Crippen LogP contribution in [0.3, 0.4) is 0 Å². The van der Waals surface area contributed by atoms with Gasteiger partial charge in [0, 0.05) is 24.1 Å². The van der Waals surface area contributed by atoms with Crippen molar-refractivity contribution in [2.45, 2.75) is 18.8 Å². The first-order chi connectivity index (χ1) is 9.22. The lowest BCUT2D eigenvalue weighted by atomic mass is 9.90. The minimum Gasteiger partial charge on any atom is -0.496 e. The maximum atomic E-state index is 5.53. The minimum absolute atomic E-state index is 0.429. The largest absolute Gasteiger partial charge is 0.496 e. The fourth-order valence-corrected chi connectivity index (χ4v) is 3.47. The van der Waals surface area contributed by atoms with E-state index in [2.05, 4.69) is 21.2 Å². The van der Waals surface area contributed by atoms with E-state index in [-0.39, 0.29) is 0 Å². The molecule has 19 heavy (non-hydrogen) atoms. The molecule has 2 rings (SSSR count). The summed E-state index contributed by atoms with van der Waals surface area (Å²) in [5.41, 5.74) is 1.16.